The Bertz CT molecular complexity index is 404. The maximum absolute atomic E-state index is 9.85. The third-order valence-corrected chi connectivity index (χ3v) is 4.34. The van der Waals surface area contributed by atoms with Gasteiger partial charge in [0.2, 0.25) is 0 Å². The first-order chi connectivity index (χ1) is 8.24. The van der Waals surface area contributed by atoms with Crippen LogP contribution < -0.4 is 4.90 Å². The minimum Gasteiger partial charge on any atom is -0.393 e. The summed E-state index contributed by atoms with van der Waals surface area (Å²) in [5.74, 6) is 0.708. The Morgan fingerprint density at radius 3 is 3.00 bits per heavy atom. The molecule has 2 aliphatic rings. The van der Waals surface area contributed by atoms with E-state index in [9.17, 15) is 5.11 Å². The van der Waals surface area contributed by atoms with Crippen molar-refractivity contribution in [3.8, 4) is 0 Å². The van der Waals surface area contributed by atoms with Crippen LogP contribution in [0.1, 0.15) is 31.2 Å². The van der Waals surface area contributed by atoms with Gasteiger partial charge in [-0.1, -0.05) is 12.1 Å². The van der Waals surface area contributed by atoms with Crippen molar-refractivity contribution in [2.75, 3.05) is 11.4 Å². The van der Waals surface area contributed by atoms with Crippen molar-refractivity contribution in [2.24, 2.45) is 5.92 Å². The van der Waals surface area contributed by atoms with Crippen molar-refractivity contribution in [1.82, 2.24) is 0 Å². The number of hydrogen-bond acceptors (Lipinski definition) is 2. The lowest BCUT2D eigenvalue weighted by atomic mass is 9.91. The molecule has 1 aliphatic carbocycles. The van der Waals surface area contributed by atoms with E-state index in [-0.39, 0.29) is 6.10 Å². The summed E-state index contributed by atoms with van der Waals surface area (Å²) in [5.41, 5.74) is 2.66. The van der Waals surface area contributed by atoms with Gasteiger partial charge < -0.3 is 10.0 Å². The summed E-state index contributed by atoms with van der Waals surface area (Å²) in [7, 11) is 0. The van der Waals surface area contributed by atoms with Crippen molar-refractivity contribution in [1.29, 1.82) is 0 Å². The monoisotopic (exact) mass is 231 g/mol. The molecule has 1 aromatic rings. The molecular weight excluding hydrogens is 210 g/mol. The molecule has 1 aromatic carbocycles. The molecule has 3 unspecified atom stereocenters. The van der Waals surface area contributed by atoms with Gasteiger partial charge in [0.1, 0.15) is 0 Å². The lowest BCUT2D eigenvalue weighted by Crippen LogP contribution is -2.42. The van der Waals surface area contributed by atoms with Gasteiger partial charge in [0.25, 0.3) is 0 Å². The molecule has 1 saturated heterocycles. The highest BCUT2D eigenvalue weighted by Gasteiger charge is 2.39. The fourth-order valence-electron chi connectivity index (χ4n) is 3.58. The van der Waals surface area contributed by atoms with Crippen LogP contribution in [0.4, 0.5) is 5.69 Å². The molecule has 0 aromatic heterocycles. The highest BCUT2D eigenvalue weighted by Crippen LogP contribution is 2.39. The summed E-state index contributed by atoms with van der Waals surface area (Å²) in [6.45, 7) is 3.30. The molecule has 0 radical (unpaired) electrons. The molecule has 0 spiro atoms. The van der Waals surface area contributed by atoms with Crippen LogP contribution in [-0.4, -0.2) is 23.8 Å². The highest BCUT2D eigenvalue weighted by atomic mass is 16.3. The van der Waals surface area contributed by atoms with Crippen LogP contribution >= 0.6 is 0 Å². The van der Waals surface area contributed by atoms with Crippen LogP contribution in [0.5, 0.6) is 0 Å². The van der Waals surface area contributed by atoms with Crippen LogP contribution in [0.15, 0.2) is 24.3 Å². The number of benzene rings is 1. The van der Waals surface area contributed by atoms with E-state index in [0.717, 1.165) is 19.4 Å². The summed E-state index contributed by atoms with van der Waals surface area (Å²) in [4.78, 5) is 2.53. The smallest absolute Gasteiger partial charge is 0.0563 e. The number of nitrogens with zero attached hydrogens (tertiary/aromatic N) is 1. The molecular formula is C15H21NO. The average molecular weight is 231 g/mol. The predicted molar refractivity (Wildman–Crippen MR) is 70.3 cm³/mol. The molecule has 1 saturated carbocycles. The molecule has 2 nitrogen and oxygen atoms in total. The number of fused-ring (bicyclic) bond motifs is 1. The summed E-state index contributed by atoms with van der Waals surface area (Å²) in [6, 6.07) is 9.34. The zero-order chi connectivity index (χ0) is 11.8. The number of anilines is 1. The molecule has 1 N–H and O–H groups in total. The van der Waals surface area contributed by atoms with Gasteiger partial charge in [0.15, 0.2) is 0 Å². The number of aliphatic hydroxyl groups excluding tert-OH is 1. The van der Waals surface area contributed by atoms with E-state index in [1.54, 1.807) is 0 Å². The van der Waals surface area contributed by atoms with Gasteiger partial charge in [0.05, 0.1) is 6.10 Å². The van der Waals surface area contributed by atoms with Gasteiger partial charge in [0, 0.05) is 18.3 Å². The third-order valence-electron chi connectivity index (χ3n) is 4.34. The number of hydrogen-bond donors (Lipinski definition) is 1. The molecule has 0 bridgehead atoms. The van der Waals surface area contributed by atoms with Gasteiger partial charge in [-0.3, -0.25) is 0 Å². The van der Waals surface area contributed by atoms with E-state index in [1.807, 2.05) is 0 Å². The van der Waals surface area contributed by atoms with Gasteiger partial charge in [-0.2, -0.15) is 0 Å². The van der Waals surface area contributed by atoms with Crippen molar-refractivity contribution in [3.05, 3.63) is 29.8 Å². The lowest BCUT2D eigenvalue weighted by molar-refractivity contribution is 0.177. The Morgan fingerprint density at radius 1 is 1.29 bits per heavy atom. The standard InChI is InChI=1S/C15H21NO/c1-11-4-2-6-13(8-11)16-7-3-5-12-9-14(17)10-15(12)16/h2,4,6,8,12,14-15,17H,3,5,7,9-10H2,1H3. The fourth-order valence-corrected chi connectivity index (χ4v) is 3.58. The Hall–Kier alpha value is -1.02. The molecule has 3 rings (SSSR count). The van der Waals surface area contributed by atoms with Gasteiger partial charge in [-0.05, 0) is 56.2 Å². The van der Waals surface area contributed by atoms with Crippen LogP contribution in [0.2, 0.25) is 0 Å². The number of aliphatic hydroxyl groups is 1. The molecule has 3 atom stereocenters. The summed E-state index contributed by atoms with van der Waals surface area (Å²) < 4.78 is 0. The van der Waals surface area contributed by atoms with E-state index < -0.39 is 0 Å². The Balaban J connectivity index is 1.87. The van der Waals surface area contributed by atoms with E-state index in [0.29, 0.717) is 12.0 Å². The summed E-state index contributed by atoms with van der Waals surface area (Å²) in [6.07, 6.45) is 4.45. The highest BCUT2D eigenvalue weighted by molar-refractivity contribution is 5.50. The fraction of sp³-hybridized carbons (Fsp3) is 0.600. The quantitative estimate of drug-likeness (QED) is 0.803. The molecule has 1 heterocycles. The largest absolute Gasteiger partial charge is 0.393 e. The maximum atomic E-state index is 9.85. The lowest BCUT2D eigenvalue weighted by Gasteiger charge is -2.39. The van der Waals surface area contributed by atoms with Gasteiger partial charge in [-0.15, -0.1) is 0 Å². The predicted octanol–water partition coefficient (Wildman–Crippen LogP) is 2.73. The normalized spacial score (nSPS) is 32.6. The van der Waals surface area contributed by atoms with Crippen molar-refractivity contribution < 1.29 is 5.11 Å². The van der Waals surface area contributed by atoms with Crippen LogP contribution in [0.3, 0.4) is 0 Å². The van der Waals surface area contributed by atoms with Crippen molar-refractivity contribution in [2.45, 2.75) is 44.8 Å². The number of aryl methyl sites for hydroxylation is 1. The van der Waals surface area contributed by atoms with E-state index >= 15 is 0 Å². The minimum atomic E-state index is -0.0737. The second-order valence-electron chi connectivity index (χ2n) is 5.63. The first kappa shape index (κ1) is 11.1. The molecule has 0 amide bonds. The second-order valence-corrected chi connectivity index (χ2v) is 5.63. The summed E-state index contributed by atoms with van der Waals surface area (Å²) in [5, 5.41) is 9.85. The molecule has 2 fully saturated rings. The number of piperidine rings is 1. The second kappa shape index (κ2) is 4.34. The van der Waals surface area contributed by atoms with E-state index in [4.69, 9.17) is 0 Å². The zero-order valence-electron chi connectivity index (χ0n) is 10.5. The topological polar surface area (TPSA) is 23.5 Å². The van der Waals surface area contributed by atoms with Gasteiger partial charge >= 0.3 is 0 Å². The summed E-state index contributed by atoms with van der Waals surface area (Å²) >= 11 is 0. The Kier molecular flexibility index (Phi) is 2.83. The first-order valence-electron chi connectivity index (χ1n) is 6.75. The van der Waals surface area contributed by atoms with Crippen LogP contribution in [-0.2, 0) is 0 Å². The molecule has 2 heteroatoms. The SMILES string of the molecule is Cc1cccc(N2CCCC3CC(O)CC32)c1. The molecule has 17 heavy (non-hydrogen) atoms. The molecule has 92 valence electrons. The number of rotatable bonds is 1. The van der Waals surface area contributed by atoms with Gasteiger partial charge in [-0.25, -0.2) is 0 Å². The minimum absolute atomic E-state index is 0.0737. The van der Waals surface area contributed by atoms with E-state index in [1.165, 1.54) is 24.1 Å². The average Bonchev–Trinajstić information content (AvgIpc) is 2.68. The first-order valence-corrected chi connectivity index (χ1v) is 6.75. The Labute approximate surface area is 103 Å². The zero-order valence-corrected chi connectivity index (χ0v) is 10.5. The van der Waals surface area contributed by atoms with Crippen LogP contribution in [0.25, 0.3) is 0 Å². The van der Waals surface area contributed by atoms with Crippen molar-refractivity contribution >= 4 is 5.69 Å². The third kappa shape index (κ3) is 2.06. The molecule has 1 aliphatic heterocycles. The maximum Gasteiger partial charge on any atom is 0.0563 e. The van der Waals surface area contributed by atoms with E-state index in [2.05, 4.69) is 36.1 Å². The Morgan fingerprint density at radius 2 is 2.18 bits per heavy atom. The van der Waals surface area contributed by atoms with Crippen LogP contribution in [0, 0.1) is 12.8 Å². The van der Waals surface area contributed by atoms with Crippen molar-refractivity contribution in [3.63, 3.8) is 0 Å².